The van der Waals surface area contributed by atoms with Gasteiger partial charge in [0.2, 0.25) is 10.0 Å². The molecule has 1 aromatic rings. The number of rotatable bonds is 5. The molecule has 5 nitrogen and oxygen atoms in total. The van der Waals surface area contributed by atoms with Gasteiger partial charge in [-0.2, -0.15) is 4.72 Å². The summed E-state index contributed by atoms with van der Waals surface area (Å²) in [6.07, 6.45) is 0. The molecule has 0 saturated heterocycles. The van der Waals surface area contributed by atoms with Crippen molar-refractivity contribution < 1.29 is 22.7 Å². The standard InChI is InChI=1S/C11H13BrFNO4S/c1-6(2)10(11(15)16)14-19(17,18)9-5-7(13)3-4-8(9)12/h3-6,10,14H,1-2H3,(H,15,16)/t10-/m1/s1. The zero-order valence-electron chi connectivity index (χ0n) is 10.2. The Morgan fingerprint density at radius 3 is 2.47 bits per heavy atom. The normalized spacial score (nSPS) is 13.5. The molecule has 1 aromatic carbocycles. The fourth-order valence-electron chi connectivity index (χ4n) is 1.39. The highest BCUT2D eigenvalue weighted by Crippen LogP contribution is 2.23. The highest BCUT2D eigenvalue weighted by Gasteiger charge is 2.29. The van der Waals surface area contributed by atoms with Gasteiger partial charge in [0.1, 0.15) is 11.9 Å². The van der Waals surface area contributed by atoms with Crippen LogP contribution in [-0.4, -0.2) is 25.5 Å². The van der Waals surface area contributed by atoms with Crippen LogP contribution in [0.3, 0.4) is 0 Å². The van der Waals surface area contributed by atoms with Crippen LogP contribution in [0, 0.1) is 11.7 Å². The number of halogens is 2. The topological polar surface area (TPSA) is 83.5 Å². The zero-order valence-corrected chi connectivity index (χ0v) is 12.6. The highest BCUT2D eigenvalue weighted by molar-refractivity contribution is 9.10. The summed E-state index contributed by atoms with van der Waals surface area (Å²) in [4.78, 5) is 10.7. The van der Waals surface area contributed by atoms with Crippen molar-refractivity contribution in [1.82, 2.24) is 4.72 Å². The van der Waals surface area contributed by atoms with Gasteiger partial charge in [-0.3, -0.25) is 4.79 Å². The molecule has 19 heavy (non-hydrogen) atoms. The van der Waals surface area contributed by atoms with E-state index in [1.54, 1.807) is 13.8 Å². The Balaban J connectivity index is 3.17. The molecule has 0 saturated carbocycles. The molecule has 0 fully saturated rings. The van der Waals surface area contributed by atoms with Crippen molar-refractivity contribution in [3.63, 3.8) is 0 Å². The van der Waals surface area contributed by atoms with Gasteiger partial charge in [-0.25, -0.2) is 12.8 Å². The summed E-state index contributed by atoms with van der Waals surface area (Å²) in [7, 11) is -4.12. The summed E-state index contributed by atoms with van der Waals surface area (Å²) in [6.45, 7) is 3.14. The molecule has 0 amide bonds. The van der Waals surface area contributed by atoms with Crippen LogP contribution in [0.2, 0.25) is 0 Å². The van der Waals surface area contributed by atoms with Gasteiger partial charge < -0.3 is 5.11 Å². The third kappa shape index (κ3) is 3.99. The molecule has 1 rings (SSSR count). The Bertz CT molecular complexity index is 588. The van der Waals surface area contributed by atoms with Crippen LogP contribution in [0.1, 0.15) is 13.8 Å². The summed E-state index contributed by atoms with van der Waals surface area (Å²) in [6, 6.07) is 1.89. The second-order valence-electron chi connectivity index (χ2n) is 4.26. The van der Waals surface area contributed by atoms with Crippen LogP contribution in [0.15, 0.2) is 27.6 Å². The van der Waals surface area contributed by atoms with E-state index in [2.05, 4.69) is 20.7 Å². The Labute approximate surface area is 119 Å². The minimum absolute atomic E-state index is 0.161. The molecule has 0 heterocycles. The fourth-order valence-corrected chi connectivity index (χ4v) is 3.70. The van der Waals surface area contributed by atoms with Gasteiger partial charge in [-0.05, 0) is 40.0 Å². The molecular formula is C11H13BrFNO4S. The monoisotopic (exact) mass is 353 g/mol. The Hall–Kier alpha value is -0.990. The molecule has 1 atom stereocenters. The smallest absolute Gasteiger partial charge is 0.322 e. The number of aliphatic carboxylic acids is 1. The van der Waals surface area contributed by atoms with Crippen molar-refractivity contribution in [2.24, 2.45) is 5.92 Å². The van der Waals surface area contributed by atoms with E-state index < -0.39 is 33.8 Å². The number of hydrogen-bond acceptors (Lipinski definition) is 3. The molecular weight excluding hydrogens is 341 g/mol. The molecule has 0 bridgehead atoms. The van der Waals surface area contributed by atoms with Gasteiger partial charge in [-0.15, -0.1) is 0 Å². The molecule has 0 aromatic heterocycles. The van der Waals surface area contributed by atoms with Gasteiger partial charge >= 0.3 is 5.97 Å². The molecule has 0 spiro atoms. The predicted molar refractivity (Wildman–Crippen MR) is 70.7 cm³/mol. The largest absolute Gasteiger partial charge is 0.480 e. The number of benzene rings is 1. The predicted octanol–water partition coefficient (Wildman–Crippen LogP) is 1.98. The Kier molecular flexibility index (Phi) is 5.05. The van der Waals surface area contributed by atoms with E-state index in [0.29, 0.717) is 0 Å². The summed E-state index contributed by atoms with van der Waals surface area (Å²) in [5.41, 5.74) is 0. The summed E-state index contributed by atoms with van der Waals surface area (Å²) >= 11 is 3.00. The van der Waals surface area contributed by atoms with Gasteiger partial charge in [0.25, 0.3) is 0 Å². The van der Waals surface area contributed by atoms with Crippen LogP contribution in [0.5, 0.6) is 0 Å². The summed E-state index contributed by atoms with van der Waals surface area (Å²) in [5.74, 6) is -2.45. The summed E-state index contributed by atoms with van der Waals surface area (Å²) < 4.78 is 39.4. The van der Waals surface area contributed by atoms with E-state index in [-0.39, 0.29) is 9.37 Å². The average molecular weight is 354 g/mol. The first-order valence-corrected chi connectivity index (χ1v) is 7.63. The number of carbonyl (C=O) groups is 1. The first-order chi connectivity index (χ1) is 8.65. The minimum atomic E-state index is -4.12. The number of nitrogens with one attached hydrogen (secondary N) is 1. The number of carboxylic acids is 1. The van der Waals surface area contributed by atoms with Crippen LogP contribution >= 0.6 is 15.9 Å². The molecule has 8 heteroatoms. The number of hydrogen-bond donors (Lipinski definition) is 2. The van der Waals surface area contributed by atoms with Gasteiger partial charge in [0.05, 0.1) is 4.90 Å². The molecule has 0 radical (unpaired) electrons. The first-order valence-electron chi connectivity index (χ1n) is 5.35. The molecule has 0 aliphatic rings. The second kappa shape index (κ2) is 5.98. The van der Waals surface area contributed by atoms with Crippen molar-refractivity contribution in [3.8, 4) is 0 Å². The van der Waals surface area contributed by atoms with Crippen molar-refractivity contribution in [3.05, 3.63) is 28.5 Å². The zero-order chi connectivity index (χ0) is 14.8. The van der Waals surface area contributed by atoms with E-state index in [4.69, 9.17) is 5.11 Å². The van der Waals surface area contributed by atoms with Gasteiger partial charge in [0, 0.05) is 4.47 Å². The van der Waals surface area contributed by atoms with Crippen molar-refractivity contribution in [2.45, 2.75) is 24.8 Å². The van der Waals surface area contributed by atoms with Crippen molar-refractivity contribution in [2.75, 3.05) is 0 Å². The molecule has 2 N–H and O–H groups in total. The lowest BCUT2D eigenvalue weighted by Gasteiger charge is -2.18. The fraction of sp³-hybridized carbons (Fsp3) is 0.364. The third-order valence-electron chi connectivity index (χ3n) is 2.40. The van der Waals surface area contributed by atoms with Gasteiger partial charge in [0.15, 0.2) is 0 Å². The quantitative estimate of drug-likeness (QED) is 0.847. The lowest BCUT2D eigenvalue weighted by atomic mass is 10.1. The highest BCUT2D eigenvalue weighted by atomic mass is 79.9. The summed E-state index contributed by atoms with van der Waals surface area (Å²) in [5, 5.41) is 8.97. The van der Waals surface area contributed by atoms with Crippen molar-refractivity contribution >= 4 is 31.9 Å². The first kappa shape index (κ1) is 16.1. The van der Waals surface area contributed by atoms with Gasteiger partial charge in [-0.1, -0.05) is 13.8 Å². The average Bonchev–Trinajstić information content (AvgIpc) is 2.28. The number of sulfonamides is 1. The molecule has 106 valence electrons. The van der Waals surface area contributed by atoms with Crippen LogP contribution < -0.4 is 4.72 Å². The van der Waals surface area contributed by atoms with Crippen LogP contribution in [-0.2, 0) is 14.8 Å². The Morgan fingerprint density at radius 1 is 1.42 bits per heavy atom. The second-order valence-corrected chi connectivity index (χ2v) is 6.79. The van der Waals surface area contributed by atoms with Crippen LogP contribution in [0.4, 0.5) is 4.39 Å². The Morgan fingerprint density at radius 2 is 2.00 bits per heavy atom. The number of carboxylic acid groups (broad SMARTS) is 1. The van der Waals surface area contributed by atoms with Crippen LogP contribution in [0.25, 0.3) is 0 Å². The lowest BCUT2D eigenvalue weighted by Crippen LogP contribution is -2.44. The van der Waals surface area contributed by atoms with Crippen molar-refractivity contribution in [1.29, 1.82) is 0 Å². The van der Waals surface area contributed by atoms with E-state index in [9.17, 15) is 17.6 Å². The minimum Gasteiger partial charge on any atom is -0.480 e. The van der Waals surface area contributed by atoms with E-state index in [0.717, 1.165) is 12.1 Å². The third-order valence-corrected chi connectivity index (χ3v) is 4.83. The SMILES string of the molecule is CC(C)[C@@H](NS(=O)(=O)c1cc(F)ccc1Br)C(=O)O. The maximum absolute atomic E-state index is 13.1. The maximum atomic E-state index is 13.1. The van der Waals surface area contributed by atoms with E-state index in [1.165, 1.54) is 6.07 Å². The van der Waals surface area contributed by atoms with E-state index in [1.807, 2.05) is 0 Å². The maximum Gasteiger partial charge on any atom is 0.322 e. The van der Waals surface area contributed by atoms with E-state index >= 15 is 0 Å². The lowest BCUT2D eigenvalue weighted by molar-refractivity contribution is -0.140. The molecule has 0 aliphatic heterocycles. The molecule has 0 unspecified atom stereocenters. The molecule has 0 aliphatic carbocycles.